The van der Waals surface area contributed by atoms with E-state index in [0.717, 1.165) is 45.3 Å². The fraction of sp³-hybridized carbons (Fsp3) is 0.812. The molecule has 2 aliphatic rings. The molecule has 1 aliphatic heterocycles. The van der Waals surface area contributed by atoms with Crippen LogP contribution >= 0.6 is 0 Å². The minimum Gasteiger partial charge on any atom is -0.377 e. The van der Waals surface area contributed by atoms with Gasteiger partial charge in [0.15, 0.2) is 0 Å². The Bertz CT molecular complexity index is 530. The summed E-state index contributed by atoms with van der Waals surface area (Å²) in [7, 11) is 0. The van der Waals surface area contributed by atoms with Crippen LogP contribution in [0.25, 0.3) is 0 Å². The molecule has 0 unspecified atom stereocenters. The van der Waals surface area contributed by atoms with Crippen molar-refractivity contribution in [2.75, 3.05) is 26.4 Å². The van der Waals surface area contributed by atoms with Gasteiger partial charge < -0.3 is 24.9 Å². The lowest BCUT2D eigenvalue weighted by atomic mass is 9.90. The van der Waals surface area contributed by atoms with Gasteiger partial charge in [0.1, 0.15) is 0 Å². The predicted octanol–water partition coefficient (Wildman–Crippen LogP) is 2.06. The molecule has 0 radical (unpaired) electrons. The van der Waals surface area contributed by atoms with E-state index in [4.69, 9.17) is 9.47 Å². The maximum atomic E-state index is 10.8. The highest BCUT2D eigenvalue weighted by Crippen LogP contribution is 2.29. The molecule has 0 bridgehead atoms. The first-order chi connectivity index (χ1) is 11.7. The van der Waals surface area contributed by atoms with Gasteiger partial charge in [-0.05, 0) is 30.6 Å². The van der Waals surface area contributed by atoms with Crippen LogP contribution in [0, 0.1) is 10.1 Å². The van der Waals surface area contributed by atoms with Crippen molar-refractivity contribution < 1.29 is 14.4 Å². The van der Waals surface area contributed by atoms with Crippen molar-refractivity contribution >= 4 is 5.82 Å². The number of hydrogen-bond donors (Lipinski definition) is 1. The molecular weight excluding hydrogens is 312 g/mol. The van der Waals surface area contributed by atoms with E-state index in [1.54, 1.807) is 10.9 Å². The molecule has 24 heavy (non-hydrogen) atoms. The molecule has 3 rings (SSSR count). The molecule has 2 heterocycles. The van der Waals surface area contributed by atoms with Crippen LogP contribution in [0.5, 0.6) is 0 Å². The second-order valence-corrected chi connectivity index (χ2v) is 6.53. The van der Waals surface area contributed by atoms with Crippen LogP contribution in [0.1, 0.15) is 44.6 Å². The fourth-order valence-electron chi connectivity index (χ4n) is 3.58. The highest BCUT2D eigenvalue weighted by atomic mass is 16.6. The smallest absolute Gasteiger partial charge is 0.377 e. The normalized spacial score (nSPS) is 27.4. The zero-order valence-electron chi connectivity index (χ0n) is 13.9. The Hall–Kier alpha value is -1.51. The summed E-state index contributed by atoms with van der Waals surface area (Å²) in [6, 6.07) is 1.92. The standard InChI is InChI=1S/C16H26N4O4/c21-20(22)16-7-9-19(18-16)15-6-2-1-5-14(15)17-8-11-23-12-13-4-3-10-24-13/h7,9,13-15,17H,1-6,8,10-12H2/t13-,14-,15-/m1/s1. The SMILES string of the molecule is O=[N+]([O-])c1ccn([C@@H]2CCCC[C@H]2NCCOC[C@H]2CCCO2)n1. The van der Waals surface area contributed by atoms with Crippen LogP contribution in [0.4, 0.5) is 5.82 Å². The maximum absolute atomic E-state index is 10.8. The Morgan fingerprint density at radius 3 is 3.00 bits per heavy atom. The minimum atomic E-state index is -0.444. The Morgan fingerprint density at radius 1 is 1.38 bits per heavy atom. The molecule has 1 N–H and O–H groups in total. The lowest BCUT2D eigenvalue weighted by Crippen LogP contribution is -2.41. The molecule has 1 saturated carbocycles. The first kappa shape index (κ1) is 17.3. The third kappa shape index (κ3) is 4.52. The molecule has 1 aliphatic carbocycles. The number of nitrogens with zero attached hydrogens (tertiary/aromatic N) is 3. The van der Waals surface area contributed by atoms with Gasteiger partial charge >= 0.3 is 5.82 Å². The molecule has 2 fully saturated rings. The average Bonchev–Trinajstić information content (AvgIpc) is 3.27. The Kier molecular flexibility index (Phi) is 6.17. The van der Waals surface area contributed by atoms with Gasteiger partial charge in [-0.15, -0.1) is 0 Å². The topological polar surface area (TPSA) is 91.5 Å². The Morgan fingerprint density at radius 2 is 2.25 bits per heavy atom. The second kappa shape index (κ2) is 8.55. The lowest BCUT2D eigenvalue weighted by molar-refractivity contribution is -0.389. The van der Waals surface area contributed by atoms with E-state index in [9.17, 15) is 10.1 Å². The van der Waals surface area contributed by atoms with E-state index < -0.39 is 4.92 Å². The zero-order chi connectivity index (χ0) is 16.8. The van der Waals surface area contributed by atoms with Crippen LogP contribution in [0.3, 0.4) is 0 Å². The molecule has 3 atom stereocenters. The van der Waals surface area contributed by atoms with Gasteiger partial charge in [0, 0.05) is 19.2 Å². The molecule has 1 saturated heterocycles. The first-order valence-corrected chi connectivity index (χ1v) is 8.86. The van der Waals surface area contributed by atoms with Crippen molar-refractivity contribution in [3.8, 4) is 0 Å². The van der Waals surface area contributed by atoms with Crippen LogP contribution in [-0.2, 0) is 9.47 Å². The molecule has 1 aromatic rings. The second-order valence-electron chi connectivity index (χ2n) is 6.53. The average molecular weight is 338 g/mol. The number of rotatable bonds is 8. The minimum absolute atomic E-state index is 0.0841. The van der Waals surface area contributed by atoms with Crippen LogP contribution in [0.2, 0.25) is 0 Å². The third-order valence-corrected chi connectivity index (χ3v) is 4.83. The maximum Gasteiger partial charge on any atom is 0.389 e. The van der Waals surface area contributed by atoms with Crippen molar-refractivity contribution in [1.82, 2.24) is 15.1 Å². The summed E-state index contributed by atoms with van der Waals surface area (Å²) in [5.41, 5.74) is 0. The highest BCUT2D eigenvalue weighted by molar-refractivity contribution is 5.14. The van der Waals surface area contributed by atoms with Gasteiger partial charge in [-0.25, -0.2) is 0 Å². The van der Waals surface area contributed by atoms with E-state index in [1.807, 2.05) is 0 Å². The third-order valence-electron chi connectivity index (χ3n) is 4.83. The predicted molar refractivity (Wildman–Crippen MR) is 88.0 cm³/mol. The summed E-state index contributed by atoms with van der Waals surface area (Å²) in [6.07, 6.45) is 8.56. The van der Waals surface area contributed by atoms with Crippen molar-refractivity contribution in [2.45, 2.75) is 56.7 Å². The van der Waals surface area contributed by atoms with Crippen LogP contribution < -0.4 is 5.32 Å². The van der Waals surface area contributed by atoms with E-state index >= 15 is 0 Å². The Labute approximate surface area is 141 Å². The van der Waals surface area contributed by atoms with Crippen molar-refractivity contribution in [3.63, 3.8) is 0 Å². The number of ether oxygens (including phenoxy) is 2. The van der Waals surface area contributed by atoms with Gasteiger partial charge in [-0.2, -0.15) is 4.68 Å². The molecular formula is C16H26N4O4. The lowest BCUT2D eigenvalue weighted by Gasteiger charge is -2.30. The van der Waals surface area contributed by atoms with Gasteiger partial charge in [-0.3, -0.25) is 0 Å². The molecule has 8 heteroatoms. The molecule has 1 aromatic heterocycles. The van der Waals surface area contributed by atoms with E-state index in [0.29, 0.717) is 13.2 Å². The van der Waals surface area contributed by atoms with Gasteiger partial charge in [0.2, 0.25) is 0 Å². The van der Waals surface area contributed by atoms with Crippen LogP contribution in [-0.4, -0.2) is 53.2 Å². The Balaban J connectivity index is 1.44. The van der Waals surface area contributed by atoms with Gasteiger partial charge in [-0.1, -0.05) is 12.8 Å². The number of nitro groups is 1. The largest absolute Gasteiger partial charge is 0.389 e. The van der Waals surface area contributed by atoms with Crippen molar-refractivity contribution in [3.05, 3.63) is 22.4 Å². The molecule has 0 amide bonds. The molecule has 134 valence electrons. The van der Waals surface area contributed by atoms with E-state index in [2.05, 4.69) is 10.4 Å². The van der Waals surface area contributed by atoms with Gasteiger partial charge in [0.05, 0.1) is 42.7 Å². The van der Waals surface area contributed by atoms with E-state index in [1.165, 1.54) is 12.5 Å². The van der Waals surface area contributed by atoms with Gasteiger partial charge in [0.25, 0.3) is 0 Å². The highest BCUT2D eigenvalue weighted by Gasteiger charge is 2.29. The quantitative estimate of drug-likeness (QED) is 0.443. The van der Waals surface area contributed by atoms with Crippen molar-refractivity contribution in [2.24, 2.45) is 0 Å². The van der Waals surface area contributed by atoms with E-state index in [-0.39, 0.29) is 24.0 Å². The number of nitrogens with one attached hydrogen (secondary N) is 1. The number of hydrogen-bond acceptors (Lipinski definition) is 6. The molecule has 8 nitrogen and oxygen atoms in total. The summed E-state index contributed by atoms with van der Waals surface area (Å²) in [5, 5.41) is 18.5. The fourth-order valence-corrected chi connectivity index (χ4v) is 3.58. The summed E-state index contributed by atoms with van der Waals surface area (Å²) in [4.78, 5) is 10.4. The molecule has 0 aromatic carbocycles. The zero-order valence-corrected chi connectivity index (χ0v) is 13.9. The summed E-state index contributed by atoms with van der Waals surface area (Å²) in [5.74, 6) is -0.0841. The monoisotopic (exact) mass is 338 g/mol. The number of aromatic nitrogens is 2. The summed E-state index contributed by atoms with van der Waals surface area (Å²) in [6.45, 7) is 2.95. The summed E-state index contributed by atoms with van der Waals surface area (Å²) < 4.78 is 13.0. The molecule has 0 spiro atoms. The van der Waals surface area contributed by atoms with Crippen molar-refractivity contribution in [1.29, 1.82) is 0 Å². The first-order valence-electron chi connectivity index (χ1n) is 8.86. The summed E-state index contributed by atoms with van der Waals surface area (Å²) >= 11 is 0. The van der Waals surface area contributed by atoms with Crippen LogP contribution in [0.15, 0.2) is 12.3 Å².